The lowest BCUT2D eigenvalue weighted by molar-refractivity contribution is -0.145. The van der Waals surface area contributed by atoms with Gasteiger partial charge in [-0.2, -0.15) is 0 Å². The monoisotopic (exact) mass is 279 g/mol. The molecule has 0 spiro atoms. The number of ether oxygens (including phenoxy) is 1. The fourth-order valence-electron chi connectivity index (χ4n) is 2.12. The van der Waals surface area contributed by atoms with Gasteiger partial charge in [-0.05, 0) is 30.0 Å². The molecule has 0 radical (unpaired) electrons. The van der Waals surface area contributed by atoms with Crippen LogP contribution < -0.4 is 5.32 Å². The fraction of sp³-hybridized carbons (Fsp3) is 0.467. The van der Waals surface area contributed by atoms with Gasteiger partial charge in [0, 0.05) is 0 Å². The largest absolute Gasteiger partial charge is 0.467 e. The molecule has 108 valence electrons. The number of methoxy groups -OCH3 is 1. The van der Waals surface area contributed by atoms with E-state index in [4.69, 9.17) is 4.74 Å². The van der Waals surface area contributed by atoms with E-state index in [2.05, 4.69) is 5.32 Å². The number of hydrogen-bond donors (Lipinski definition) is 1. The second-order valence-corrected chi connectivity index (χ2v) is 5.13. The second-order valence-electron chi connectivity index (χ2n) is 5.13. The summed E-state index contributed by atoms with van der Waals surface area (Å²) in [6.45, 7) is 0. The summed E-state index contributed by atoms with van der Waals surface area (Å²) in [6.07, 6.45) is 2.85. The van der Waals surface area contributed by atoms with Gasteiger partial charge in [-0.15, -0.1) is 0 Å². The number of carbonyl (C=O) groups is 2. The lowest BCUT2D eigenvalue weighted by Gasteiger charge is -2.16. The normalized spacial score (nSPS) is 15.5. The van der Waals surface area contributed by atoms with Crippen molar-refractivity contribution in [3.8, 4) is 0 Å². The number of rotatable bonds is 6. The Labute approximate surface area is 117 Å². The highest BCUT2D eigenvalue weighted by Gasteiger charge is 2.30. The Morgan fingerprint density at radius 2 is 2.20 bits per heavy atom. The van der Waals surface area contributed by atoms with Gasteiger partial charge in [0.2, 0.25) is 5.91 Å². The van der Waals surface area contributed by atoms with Crippen molar-refractivity contribution >= 4 is 11.9 Å². The van der Waals surface area contributed by atoms with Crippen LogP contribution in [-0.2, 0) is 20.7 Å². The maximum atomic E-state index is 13.0. The van der Waals surface area contributed by atoms with E-state index in [0.29, 0.717) is 17.9 Å². The molecular formula is C15H18FNO3. The van der Waals surface area contributed by atoms with Gasteiger partial charge in [0.05, 0.1) is 13.5 Å². The molecule has 20 heavy (non-hydrogen) atoms. The van der Waals surface area contributed by atoms with Crippen LogP contribution in [0.25, 0.3) is 0 Å². The maximum Gasteiger partial charge on any atom is 0.328 e. The molecule has 0 aliphatic heterocycles. The minimum absolute atomic E-state index is 0.0515. The molecule has 0 saturated heterocycles. The first-order valence-electron chi connectivity index (χ1n) is 6.70. The SMILES string of the molecule is COC(=O)[C@H](CC1CC1)NC(=O)Cc1cccc(F)c1. The van der Waals surface area contributed by atoms with E-state index in [0.717, 1.165) is 12.8 Å². The lowest BCUT2D eigenvalue weighted by Crippen LogP contribution is -2.42. The Morgan fingerprint density at radius 1 is 1.45 bits per heavy atom. The van der Waals surface area contributed by atoms with E-state index < -0.39 is 12.0 Å². The molecule has 1 saturated carbocycles. The zero-order chi connectivity index (χ0) is 14.5. The van der Waals surface area contributed by atoms with Gasteiger partial charge < -0.3 is 10.1 Å². The first-order chi connectivity index (χ1) is 9.58. The summed E-state index contributed by atoms with van der Waals surface area (Å²) in [7, 11) is 1.31. The molecule has 0 unspecified atom stereocenters. The molecule has 5 heteroatoms. The zero-order valence-corrected chi connectivity index (χ0v) is 11.4. The first-order valence-corrected chi connectivity index (χ1v) is 6.70. The van der Waals surface area contributed by atoms with Crippen molar-refractivity contribution in [1.82, 2.24) is 5.32 Å². The highest BCUT2D eigenvalue weighted by molar-refractivity contribution is 5.85. The number of esters is 1. The minimum atomic E-state index is -0.603. The van der Waals surface area contributed by atoms with Crippen LogP contribution in [0.3, 0.4) is 0 Å². The molecule has 1 atom stereocenters. The Morgan fingerprint density at radius 3 is 2.80 bits per heavy atom. The van der Waals surface area contributed by atoms with Crippen LogP contribution in [0.5, 0.6) is 0 Å². The standard InChI is InChI=1S/C15H18FNO3/c1-20-15(19)13(8-10-5-6-10)17-14(18)9-11-3-2-4-12(16)7-11/h2-4,7,10,13H,5-6,8-9H2,1H3,(H,17,18)/t13-/m0/s1. The van der Waals surface area contributed by atoms with Gasteiger partial charge in [-0.25, -0.2) is 9.18 Å². The second kappa shape index (κ2) is 6.50. The van der Waals surface area contributed by atoms with E-state index in [1.54, 1.807) is 12.1 Å². The molecule has 1 aromatic carbocycles. The van der Waals surface area contributed by atoms with Crippen LogP contribution >= 0.6 is 0 Å². The number of benzene rings is 1. The topological polar surface area (TPSA) is 55.4 Å². The molecule has 1 aliphatic rings. The Hall–Kier alpha value is -1.91. The van der Waals surface area contributed by atoms with Crippen molar-refractivity contribution in [1.29, 1.82) is 0 Å². The molecular weight excluding hydrogens is 261 g/mol. The number of nitrogens with one attached hydrogen (secondary N) is 1. The smallest absolute Gasteiger partial charge is 0.328 e. The molecule has 0 heterocycles. The Bertz CT molecular complexity index is 500. The highest BCUT2D eigenvalue weighted by atomic mass is 19.1. The number of carbonyl (C=O) groups excluding carboxylic acids is 2. The first kappa shape index (κ1) is 14.5. The minimum Gasteiger partial charge on any atom is -0.467 e. The van der Waals surface area contributed by atoms with Gasteiger partial charge in [0.1, 0.15) is 11.9 Å². The summed E-state index contributed by atoms with van der Waals surface area (Å²) in [6, 6.07) is 5.27. The Balaban J connectivity index is 1.91. The van der Waals surface area contributed by atoms with Crippen LogP contribution in [0.1, 0.15) is 24.8 Å². The molecule has 0 aromatic heterocycles. The van der Waals surface area contributed by atoms with E-state index in [-0.39, 0.29) is 18.1 Å². The van der Waals surface area contributed by atoms with Crippen molar-refractivity contribution < 1.29 is 18.7 Å². The van der Waals surface area contributed by atoms with Crippen molar-refractivity contribution in [2.75, 3.05) is 7.11 Å². The molecule has 2 rings (SSSR count). The quantitative estimate of drug-likeness (QED) is 0.808. The highest BCUT2D eigenvalue weighted by Crippen LogP contribution is 2.33. The average molecular weight is 279 g/mol. The van der Waals surface area contributed by atoms with Gasteiger partial charge >= 0.3 is 5.97 Å². The predicted molar refractivity (Wildman–Crippen MR) is 71.4 cm³/mol. The fourth-order valence-corrected chi connectivity index (χ4v) is 2.12. The van der Waals surface area contributed by atoms with Gasteiger partial charge in [-0.1, -0.05) is 25.0 Å². The number of amides is 1. The van der Waals surface area contributed by atoms with Gasteiger partial charge in [0.25, 0.3) is 0 Å². The average Bonchev–Trinajstić information content (AvgIpc) is 3.21. The van der Waals surface area contributed by atoms with Crippen LogP contribution in [0.4, 0.5) is 4.39 Å². The van der Waals surface area contributed by atoms with E-state index in [1.165, 1.54) is 19.2 Å². The van der Waals surface area contributed by atoms with Crippen LogP contribution in [-0.4, -0.2) is 25.0 Å². The van der Waals surface area contributed by atoms with E-state index in [9.17, 15) is 14.0 Å². The third-order valence-electron chi connectivity index (χ3n) is 3.34. The maximum absolute atomic E-state index is 13.0. The molecule has 1 amide bonds. The molecule has 1 fully saturated rings. The van der Waals surface area contributed by atoms with Crippen LogP contribution in [0.15, 0.2) is 24.3 Å². The molecule has 4 nitrogen and oxygen atoms in total. The van der Waals surface area contributed by atoms with Crippen LogP contribution in [0, 0.1) is 11.7 Å². The third-order valence-corrected chi connectivity index (χ3v) is 3.34. The van der Waals surface area contributed by atoms with Crippen molar-refractivity contribution in [2.45, 2.75) is 31.7 Å². The third kappa shape index (κ3) is 4.33. The summed E-state index contributed by atoms with van der Waals surface area (Å²) >= 11 is 0. The van der Waals surface area contributed by atoms with Gasteiger partial charge in [-0.3, -0.25) is 4.79 Å². The molecule has 1 aromatic rings. The van der Waals surface area contributed by atoms with Gasteiger partial charge in [0.15, 0.2) is 0 Å². The molecule has 1 N–H and O–H groups in total. The Kier molecular flexibility index (Phi) is 4.71. The van der Waals surface area contributed by atoms with E-state index in [1.807, 2.05) is 0 Å². The predicted octanol–water partition coefficient (Wildman–Crippen LogP) is 1.83. The summed E-state index contributed by atoms with van der Waals surface area (Å²) in [5.41, 5.74) is 0.581. The summed E-state index contributed by atoms with van der Waals surface area (Å²) in [4.78, 5) is 23.5. The van der Waals surface area contributed by atoms with Crippen molar-refractivity contribution in [2.24, 2.45) is 5.92 Å². The van der Waals surface area contributed by atoms with Crippen LogP contribution in [0.2, 0.25) is 0 Å². The summed E-state index contributed by atoms with van der Waals surface area (Å²) < 4.78 is 17.7. The van der Waals surface area contributed by atoms with Crippen molar-refractivity contribution in [3.05, 3.63) is 35.6 Å². The lowest BCUT2D eigenvalue weighted by atomic mass is 10.1. The zero-order valence-electron chi connectivity index (χ0n) is 11.4. The molecule has 1 aliphatic carbocycles. The number of halogens is 1. The van der Waals surface area contributed by atoms with Crippen molar-refractivity contribution in [3.63, 3.8) is 0 Å². The van der Waals surface area contributed by atoms with E-state index >= 15 is 0 Å². The molecule has 0 bridgehead atoms. The summed E-state index contributed by atoms with van der Waals surface area (Å²) in [5, 5.41) is 2.67. The number of hydrogen-bond acceptors (Lipinski definition) is 3. The summed E-state index contributed by atoms with van der Waals surface area (Å²) in [5.74, 6) is -0.609.